The molecule has 0 radical (unpaired) electrons. The van der Waals surface area contributed by atoms with Gasteiger partial charge < -0.3 is 10.5 Å². The predicted molar refractivity (Wildman–Crippen MR) is 85.0 cm³/mol. The van der Waals surface area contributed by atoms with Gasteiger partial charge in [0.15, 0.2) is 0 Å². The number of rotatable bonds is 5. The SMILES string of the molecule is CCC(N)C(Oc1ccccc1I)c1cccnc1. The molecular weight excluding hydrogens is 351 g/mol. The summed E-state index contributed by atoms with van der Waals surface area (Å²) in [6, 6.07) is 11.8. The van der Waals surface area contributed by atoms with Gasteiger partial charge in [-0.2, -0.15) is 0 Å². The fourth-order valence-electron chi connectivity index (χ4n) is 1.84. The monoisotopic (exact) mass is 368 g/mol. The van der Waals surface area contributed by atoms with Gasteiger partial charge in [0, 0.05) is 24.0 Å². The Morgan fingerprint density at radius 3 is 2.68 bits per heavy atom. The molecule has 0 saturated carbocycles. The average Bonchev–Trinajstić information content (AvgIpc) is 2.46. The summed E-state index contributed by atoms with van der Waals surface area (Å²) in [7, 11) is 0. The Bertz CT molecular complexity index is 519. The quantitative estimate of drug-likeness (QED) is 0.822. The number of pyridine rings is 1. The molecule has 0 spiro atoms. The topological polar surface area (TPSA) is 48.1 Å². The molecule has 100 valence electrons. The van der Waals surface area contributed by atoms with E-state index in [1.807, 2.05) is 42.6 Å². The van der Waals surface area contributed by atoms with E-state index < -0.39 is 0 Å². The van der Waals surface area contributed by atoms with E-state index in [4.69, 9.17) is 10.5 Å². The number of nitrogens with two attached hydrogens (primary N) is 1. The molecule has 2 aromatic rings. The zero-order valence-corrected chi connectivity index (χ0v) is 12.9. The Hall–Kier alpha value is -1.14. The van der Waals surface area contributed by atoms with Gasteiger partial charge in [-0.25, -0.2) is 0 Å². The summed E-state index contributed by atoms with van der Waals surface area (Å²) in [4.78, 5) is 4.15. The van der Waals surface area contributed by atoms with Crippen molar-refractivity contribution in [2.75, 3.05) is 0 Å². The van der Waals surface area contributed by atoms with Crippen LogP contribution in [0.15, 0.2) is 48.8 Å². The van der Waals surface area contributed by atoms with Gasteiger partial charge in [0.2, 0.25) is 0 Å². The lowest BCUT2D eigenvalue weighted by molar-refractivity contribution is 0.169. The first kappa shape index (κ1) is 14.3. The molecule has 0 bridgehead atoms. The highest BCUT2D eigenvalue weighted by atomic mass is 127. The molecule has 0 fully saturated rings. The molecule has 0 saturated heterocycles. The highest BCUT2D eigenvalue weighted by molar-refractivity contribution is 14.1. The maximum absolute atomic E-state index is 6.19. The molecule has 4 heteroatoms. The molecule has 3 nitrogen and oxygen atoms in total. The lowest BCUT2D eigenvalue weighted by Crippen LogP contribution is -2.31. The van der Waals surface area contributed by atoms with E-state index >= 15 is 0 Å². The average molecular weight is 368 g/mol. The van der Waals surface area contributed by atoms with Gasteiger partial charge in [-0.05, 0) is 47.2 Å². The standard InChI is InChI=1S/C15H17IN2O/c1-2-13(17)15(11-6-5-9-18-10-11)19-14-8-4-3-7-12(14)16/h3-10,13,15H,2,17H2,1H3. The smallest absolute Gasteiger partial charge is 0.140 e. The first-order valence-electron chi connectivity index (χ1n) is 6.29. The summed E-state index contributed by atoms with van der Waals surface area (Å²) < 4.78 is 7.19. The largest absolute Gasteiger partial charge is 0.483 e. The Labute approximate surface area is 127 Å². The third-order valence-electron chi connectivity index (χ3n) is 2.96. The maximum Gasteiger partial charge on any atom is 0.140 e. The minimum atomic E-state index is -0.172. The van der Waals surface area contributed by atoms with Gasteiger partial charge in [0.1, 0.15) is 11.9 Å². The van der Waals surface area contributed by atoms with Crippen LogP contribution in [0.5, 0.6) is 5.75 Å². The lowest BCUT2D eigenvalue weighted by Gasteiger charge is -2.25. The van der Waals surface area contributed by atoms with Crippen LogP contribution in [-0.2, 0) is 0 Å². The second-order valence-electron chi connectivity index (χ2n) is 4.33. The van der Waals surface area contributed by atoms with Crippen LogP contribution in [0.2, 0.25) is 0 Å². The van der Waals surface area contributed by atoms with Crippen LogP contribution >= 0.6 is 22.6 Å². The zero-order valence-electron chi connectivity index (χ0n) is 10.8. The molecule has 0 aliphatic heterocycles. The second kappa shape index (κ2) is 6.86. The van der Waals surface area contributed by atoms with Crippen molar-refractivity contribution in [1.82, 2.24) is 4.98 Å². The molecule has 1 aromatic carbocycles. The van der Waals surface area contributed by atoms with Crippen molar-refractivity contribution in [2.45, 2.75) is 25.5 Å². The van der Waals surface area contributed by atoms with Crippen molar-refractivity contribution >= 4 is 22.6 Å². The predicted octanol–water partition coefficient (Wildman–Crippen LogP) is 3.54. The minimum Gasteiger partial charge on any atom is -0.483 e. The fraction of sp³-hybridized carbons (Fsp3) is 0.267. The summed E-state index contributed by atoms with van der Waals surface area (Å²) in [5.74, 6) is 0.862. The van der Waals surface area contributed by atoms with Gasteiger partial charge in [0.05, 0.1) is 3.57 Å². The van der Waals surface area contributed by atoms with E-state index in [0.29, 0.717) is 0 Å². The molecule has 0 amide bonds. The number of hydrogen-bond donors (Lipinski definition) is 1. The van der Waals surface area contributed by atoms with Crippen LogP contribution in [0.1, 0.15) is 25.0 Å². The Morgan fingerprint density at radius 1 is 1.26 bits per heavy atom. The van der Waals surface area contributed by atoms with Crippen molar-refractivity contribution in [3.63, 3.8) is 0 Å². The molecule has 19 heavy (non-hydrogen) atoms. The summed E-state index contributed by atoms with van der Waals surface area (Å²) in [5.41, 5.74) is 7.20. The van der Waals surface area contributed by atoms with E-state index in [2.05, 4.69) is 34.5 Å². The Morgan fingerprint density at radius 2 is 2.05 bits per heavy atom. The number of ether oxygens (including phenoxy) is 1. The van der Waals surface area contributed by atoms with E-state index in [1.54, 1.807) is 6.20 Å². The van der Waals surface area contributed by atoms with Crippen LogP contribution in [0, 0.1) is 3.57 Å². The third kappa shape index (κ3) is 3.67. The normalized spacial score (nSPS) is 13.8. The van der Waals surface area contributed by atoms with E-state index in [0.717, 1.165) is 21.3 Å². The van der Waals surface area contributed by atoms with Crippen molar-refractivity contribution in [2.24, 2.45) is 5.73 Å². The van der Waals surface area contributed by atoms with Crippen LogP contribution in [0.3, 0.4) is 0 Å². The van der Waals surface area contributed by atoms with E-state index in [9.17, 15) is 0 Å². The van der Waals surface area contributed by atoms with Crippen LogP contribution in [0.4, 0.5) is 0 Å². The van der Waals surface area contributed by atoms with Gasteiger partial charge >= 0.3 is 0 Å². The molecule has 2 rings (SSSR count). The van der Waals surface area contributed by atoms with E-state index in [-0.39, 0.29) is 12.1 Å². The van der Waals surface area contributed by atoms with Gasteiger partial charge in [-0.1, -0.05) is 25.1 Å². The molecule has 0 aliphatic carbocycles. The van der Waals surface area contributed by atoms with Crippen molar-refractivity contribution in [1.29, 1.82) is 0 Å². The molecule has 1 heterocycles. The highest BCUT2D eigenvalue weighted by Gasteiger charge is 2.21. The van der Waals surface area contributed by atoms with Crippen molar-refractivity contribution in [3.05, 3.63) is 57.9 Å². The summed E-state index contributed by atoms with van der Waals surface area (Å²) >= 11 is 2.27. The lowest BCUT2D eigenvalue weighted by atomic mass is 10.0. The molecule has 2 N–H and O–H groups in total. The van der Waals surface area contributed by atoms with Crippen LogP contribution in [0.25, 0.3) is 0 Å². The molecular formula is C15H17IN2O. The second-order valence-corrected chi connectivity index (χ2v) is 5.49. The van der Waals surface area contributed by atoms with Crippen molar-refractivity contribution < 1.29 is 4.74 Å². The maximum atomic E-state index is 6.19. The molecule has 1 aromatic heterocycles. The number of halogens is 1. The van der Waals surface area contributed by atoms with Gasteiger partial charge in [-0.15, -0.1) is 0 Å². The first-order chi connectivity index (χ1) is 9.22. The Balaban J connectivity index is 2.27. The number of nitrogens with zero attached hydrogens (tertiary/aromatic N) is 1. The zero-order chi connectivity index (χ0) is 13.7. The number of para-hydroxylation sites is 1. The number of aromatic nitrogens is 1. The fourth-order valence-corrected chi connectivity index (χ4v) is 2.35. The van der Waals surface area contributed by atoms with Crippen LogP contribution in [-0.4, -0.2) is 11.0 Å². The summed E-state index contributed by atoms with van der Waals surface area (Å²) in [5, 5.41) is 0. The van der Waals surface area contributed by atoms with E-state index in [1.165, 1.54) is 0 Å². The van der Waals surface area contributed by atoms with Gasteiger partial charge in [-0.3, -0.25) is 4.98 Å². The highest BCUT2D eigenvalue weighted by Crippen LogP contribution is 2.28. The van der Waals surface area contributed by atoms with Crippen molar-refractivity contribution in [3.8, 4) is 5.75 Å². The molecule has 2 unspecified atom stereocenters. The minimum absolute atomic E-state index is 0.0554. The van der Waals surface area contributed by atoms with Crippen LogP contribution < -0.4 is 10.5 Å². The summed E-state index contributed by atoms with van der Waals surface area (Å²) in [6.45, 7) is 2.06. The first-order valence-corrected chi connectivity index (χ1v) is 7.37. The number of benzene rings is 1. The molecule has 2 atom stereocenters. The Kier molecular flexibility index (Phi) is 5.15. The molecule has 0 aliphatic rings. The third-order valence-corrected chi connectivity index (χ3v) is 3.85. The summed E-state index contributed by atoms with van der Waals surface area (Å²) in [6.07, 6.45) is 4.25. The number of hydrogen-bond acceptors (Lipinski definition) is 3. The van der Waals surface area contributed by atoms with Gasteiger partial charge in [0.25, 0.3) is 0 Å².